The molecular formula is C18H16BrN2NaO6S. The first kappa shape index (κ1) is 23.9. The Morgan fingerprint density at radius 2 is 2.00 bits per heavy atom. The van der Waals surface area contributed by atoms with Crippen molar-refractivity contribution in [2.24, 2.45) is 0 Å². The predicted octanol–water partition coefficient (Wildman–Crippen LogP) is -3.08. The molecule has 8 nitrogen and oxygen atoms in total. The fourth-order valence-electron chi connectivity index (χ4n) is 3.01. The number of fused-ring (bicyclic) bond motifs is 1. The number of esters is 1. The molecule has 1 fully saturated rings. The number of rotatable bonds is 6. The summed E-state index contributed by atoms with van der Waals surface area (Å²) >= 11 is 4.54. The maximum atomic E-state index is 12.7. The standard InChI is InChI=1S/C18H17BrN2O6S.Na/c1-10(22)27-8-12-9-28-17-18(19,16(26)21(17)14(12)15(24)25)20-13(23)7-11-5-3-2-4-6-11;/h2-6,17H,7-9H2,1H3,(H,20,23)(H,24,25);/q;+1/p-1/t17-,18-;/m1./s1. The second-order valence-corrected chi connectivity index (χ2v) is 8.60. The zero-order valence-electron chi connectivity index (χ0n) is 15.8. The SMILES string of the molecule is CC(=O)OCC1=C(C(=O)[O-])N2C(=O)[C@@](Br)(NC(=O)Cc3ccccc3)[C@H]2SC1.[Na+]. The molecule has 11 heteroatoms. The van der Waals surface area contributed by atoms with Gasteiger partial charge < -0.3 is 20.0 Å². The van der Waals surface area contributed by atoms with E-state index in [1.165, 1.54) is 18.7 Å². The third-order valence-corrected chi connectivity index (χ3v) is 6.94. The first-order valence-corrected chi connectivity index (χ1v) is 10.1. The van der Waals surface area contributed by atoms with Gasteiger partial charge in [0.05, 0.1) is 18.1 Å². The smallest absolute Gasteiger partial charge is 0.543 e. The number of carboxylic acid groups (broad SMARTS) is 1. The largest absolute Gasteiger partial charge is 1.00 e. The number of thioether (sulfide) groups is 1. The number of alkyl halides is 1. The van der Waals surface area contributed by atoms with Crippen molar-refractivity contribution < 1.29 is 58.6 Å². The number of ether oxygens (including phenoxy) is 1. The van der Waals surface area contributed by atoms with E-state index in [-0.39, 0.29) is 65.5 Å². The summed E-state index contributed by atoms with van der Waals surface area (Å²) in [4.78, 5) is 48.8. The summed E-state index contributed by atoms with van der Waals surface area (Å²) in [6.07, 6.45) is 0.0831. The Bertz CT molecular complexity index is 880. The summed E-state index contributed by atoms with van der Waals surface area (Å²) in [6.45, 7) is 0.969. The van der Waals surface area contributed by atoms with Gasteiger partial charge in [0.2, 0.25) is 10.4 Å². The average Bonchev–Trinajstić information content (AvgIpc) is 2.65. The number of halogens is 1. The molecule has 0 spiro atoms. The summed E-state index contributed by atoms with van der Waals surface area (Å²) in [5, 5.41) is 13.6. The molecule has 0 aliphatic carbocycles. The maximum absolute atomic E-state index is 12.7. The van der Waals surface area contributed by atoms with Crippen molar-refractivity contribution in [2.45, 2.75) is 23.2 Å². The molecule has 0 aromatic heterocycles. The zero-order valence-corrected chi connectivity index (χ0v) is 20.2. The van der Waals surface area contributed by atoms with Crippen LogP contribution in [0.15, 0.2) is 41.6 Å². The number of carboxylic acids is 1. The van der Waals surface area contributed by atoms with Gasteiger partial charge in [-0.25, -0.2) is 0 Å². The number of aliphatic carboxylic acids is 1. The number of hydrogen-bond donors (Lipinski definition) is 1. The molecule has 148 valence electrons. The van der Waals surface area contributed by atoms with E-state index in [9.17, 15) is 24.3 Å². The van der Waals surface area contributed by atoms with E-state index in [4.69, 9.17) is 4.74 Å². The molecule has 3 rings (SSSR count). The van der Waals surface area contributed by atoms with E-state index >= 15 is 0 Å². The number of nitrogens with one attached hydrogen (secondary N) is 1. The van der Waals surface area contributed by atoms with Gasteiger partial charge >= 0.3 is 35.5 Å². The number of amides is 2. The third kappa shape index (κ3) is 4.88. The normalized spacial score (nSPS) is 22.8. The summed E-state index contributed by atoms with van der Waals surface area (Å²) < 4.78 is 3.46. The molecule has 2 atom stereocenters. The van der Waals surface area contributed by atoms with Gasteiger partial charge in [-0.05, 0) is 21.5 Å². The second kappa shape index (κ2) is 9.65. The Morgan fingerprint density at radius 1 is 1.34 bits per heavy atom. The third-order valence-electron chi connectivity index (χ3n) is 4.27. The average molecular weight is 491 g/mol. The van der Waals surface area contributed by atoms with Crippen LogP contribution < -0.4 is 40.0 Å². The molecule has 0 bridgehead atoms. The van der Waals surface area contributed by atoms with Crippen molar-refractivity contribution in [1.82, 2.24) is 10.2 Å². The van der Waals surface area contributed by atoms with Gasteiger partial charge in [0.25, 0.3) is 5.91 Å². The maximum Gasteiger partial charge on any atom is 1.00 e. The Labute approximate surface area is 201 Å². The number of benzene rings is 1. The Kier molecular flexibility index (Phi) is 7.97. The van der Waals surface area contributed by atoms with E-state index in [1.807, 2.05) is 6.07 Å². The molecule has 1 aromatic rings. The van der Waals surface area contributed by atoms with Crippen molar-refractivity contribution in [3.63, 3.8) is 0 Å². The molecule has 29 heavy (non-hydrogen) atoms. The summed E-state index contributed by atoms with van der Waals surface area (Å²) in [6, 6.07) is 9.04. The number of β-lactam (4-membered cyclic amide) rings is 1. The topological polar surface area (TPSA) is 116 Å². The van der Waals surface area contributed by atoms with Crippen LogP contribution in [0.4, 0.5) is 0 Å². The minimum atomic E-state index is -1.54. The molecule has 1 N–H and O–H groups in total. The van der Waals surface area contributed by atoms with Gasteiger partial charge in [0, 0.05) is 18.2 Å². The molecule has 0 unspecified atom stereocenters. The number of carbonyl (C=O) groups excluding carboxylic acids is 4. The van der Waals surface area contributed by atoms with Crippen LogP contribution >= 0.6 is 27.7 Å². The monoisotopic (exact) mass is 490 g/mol. The van der Waals surface area contributed by atoms with E-state index in [1.54, 1.807) is 24.3 Å². The first-order chi connectivity index (χ1) is 13.2. The van der Waals surface area contributed by atoms with Gasteiger partial charge in [-0.2, -0.15) is 0 Å². The summed E-state index contributed by atoms with van der Waals surface area (Å²) in [5.74, 6) is -2.87. The van der Waals surface area contributed by atoms with Crippen molar-refractivity contribution in [3.05, 3.63) is 47.2 Å². The van der Waals surface area contributed by atoms with Gasteiger partial charge in [0.15, 0.2) is 0 Å². The van der Waals surface area contributed by atoms with Crippen LogP contribution in [0.3, 0.4) is 0 Å². The van der Waals surface area contributed by atoms with Gasteiger partial charge in [0.1, 0.15) is 12.0 Å². The quantitative estimate of drug-likeness (QED) is 0.148. The number of hydrogen-bond acceptors (Lipinski definition) is 7. The molecule has 2 aliphatic heterocycles. The van der Waals surface area contributed by atoms with E-state index in [2.05, 4.69) is 21.2 Å². The Morgan fingerprint density at radius 3 is 2.59 bits per heavy atom. The van der Waals surface area contributed by atoms with Crippen LogP contribution in [0.25, 0.3) is 0 Å². The van der Waals surface area contributed by atoms with Crippen LogP contribution in [0.1, 0.15) is 12.5 Å². The zero-order chi connectivity index (χ0) is 20.5. The summed E-state index contributed by atoms with van der Waals surface area (Å²) in [7, 11) is 0. The molecule has 2 aliphatic rings. The van der Waals surface area contributed by atoms with Crippen LogP contribution in [0.2, 0.25) is 0 Å². The first-order valence-electron chi connectivity index (χ1n) is 8.30. The van der Waals surface area contributed by atoms with Gasteiger partial charge in [-0.15, -0.1) is 11.8 Å². The fourth-order valence-corrected chi connectivity index (χ4v) is 5.34. The minimum absolute atomic E-state index is 0. The second-order valence-electron chi connectivity index (χ2n) is 6.28. The summed E-state index contributed by atoms with van der Waals surface area (Å²) in [5.41, 5.74) is 0.743. The van der Waals surface area contributed by atoms with Crippen molar-refractivity contribution in [2.75, 3.05) is 12.4 Å². The van der Waals surface area contributed by atoms with Crippen molar-refractivity contribution >= 4 is 51.4 Å². The van der Waals surface area contributed by atoms with Crippen LogP contribution in [0, 0.1) is 0 Å². The van der Waals surface area contributed by atoms with Crippen molar-refractivity contribution in [1.29, 1.82) is 0 Å². The molecule has 1 aromatic carbocycles. The minimum Gasteiger partial charge on any atom is -0.543 e. The molecule has 1 saturated heterocycles. The van der Waals surface area contributed by atoms with Crippen LogP contribution in [-0.4, -0.2) is 50.8 Å². The van der Waals surface area contributed by atoms with Crippen LogP contribution in [0.5, 0.6) is 0 Å². The Hall–Kier alpha value is -1.33. The van der Waals surface area contributed by atoms with Crippen LogP contribution in [-0.2, 0) is 30.3 Å². The van der Waals surface area contributed by atoms with E-state index in [0.717, 1.165) is 10.5 Å². The molecule has 0 saturated carbocycles. The van der Waals surface area contributed by atoms with E-state index in [0.29, 0.717) is 0 Å². The van der Waals surface area contributed by atoms with Gasteiger partial charge in [-0.3, -0.25) is 19.3 Å². The molecule has 0 radical (unpaired) electrons. The Balaban J connectivity index is 0.00000300. The number of carbonyl (C=O) groups is 4. The predicted molar refractivity (Wildman–Crippen MR) is 102 cm³/mol. The molecule has 2 heterocycles. The molecular weight excluding hydrogens is 475 g/mol. The molecule has 2 amide bonds. The van der Waals surface area contributed by atoms with Crippen molar-refractivity contribution in [3.8, 4) is 0 Å². The fraction of sp³-hybridized carbons (Fsp3) is 0.333. The van der Waals surface area contributed by atoms with E-state index < -0.39 is 27.7 Å². The van der Waals surface area contributed by atoms with Gasteiger partial charge in [-0.1, -0.05) is 30.3 Å². The number of nitrogens with zero attached hydrogens (tertiary/aromatic N) is 1.